The van der Waals surface area contributed by atoms with Crippen LogP contribution in [0.3, 0.4) is 0 Å². The van der Waals surface area contributed by atoms with Gasteiger partial charge in [-0.2, -0.15) is 5.26 Å². The Balaban J connectivity index is 1.53. The van der Waals surface area contributed by atoms with Crippen molar-refractivity contribution < 1.29 is 9.21 Å². The zero-order chi connectivity index (χ0) is 21.1. The maximum absolute atomic E-state index is 12.5. The Hall–Kier alpha value is -3.39. The summed E-state index contributed by atoms with van der Waals surface area (Å²) in [5.41, 5.74) is 4.35. The van der Waals surface area contributed by atoms with Gasteiger partial charge in [-0.25, -0.2) is 4.98 Å². The van der Waals surface area contributed by atoms with Gasteiger partial charge in [0.05, 0.1) is 11.6 Å². The summed E-state index contributed by atoms with van der Waals surface area (Å²) < 4.78 is 6.05. The molecule has 1 aliphatic carbocycles. The molecule has 152 valence electrons. The number of nitrogens with zero attached hydrogens (tertiary/aromatic N) is 2. The van der Waals surface area contributed by atoms with Gasteiger partial charge in [0.25, 0.3) is 5.91 Å². The van der Waals surface area contributed by atoms with E-state index in [0.29, 0.717) is 40.6 Å². The van der Waals surface area contributed by atoms with E-state index in [1.54, 1.807) is 18.2 Å². The largest absolute Gasteiger partial charge is 0.436 e. The number of carbonyl (C=O) groups excluding carboxylic acids is 1. The fraction of sp³-hybridized carbons (Fsp3) is 0.320. The number of rotatable bonds is 5. The summed E-state index contributed by atoms with van der Waals surface area (Å²) in [4.78, 5) is 17.0. The lowest BCUT2D eigenvalue weighted by Gasteiger charge is -2.18. The molecule has 1 atom stereocenters. The van der Waals surface area contributed by atoms with Gasteiger partial charge in [-0.15, -0.1) is 0 Å². The summed E-state index contributed by atoms with van der Waals surface area (Å²) in [5.74, 6) is 1.16. The molecule has 1 amide bonds. The number of allylic oxidation sites excluding steroid dienone is 2. The monoisotopic (exact) mass is 399 g/mol. The molecule has 5 heteroatoms. The highest BCUT2D eigenvalue weighted by atomic mass is 16.3. The van der Waals surface area contributed by atoms with Crippen molar-refractivity contribution in [2.75, 3.05) is 6.54 Å². The number of benzene rings is 2. The Morgan fingerprint density at radius 1 is 1.27 bits per heavy atom. The van der Waals surface area contributed by atoms with Crippen LogP contribution in [-0.2, 0) is 0 Å². The number of fused-ring (bicyclic) bond motifs is 1. The molecule has 1 heterocycles. The van der Waals surface area contributed by atoms with Crippen LogP contribution in [0.4, 0.5) is 0 Å². The number of oxazole rings is 1. The molecule has 0 bridgehead atoms. The number of carbonyl (C=O) groups is 1. The number of amides is 1. The second-order valence-electron chi connectivity index (χ2n) is 8.14. The fourth-order valence-electron chi connectivity index (χ4n) is 3.82. The third kappa shape index (κ3) is 4.13. The third-order valence-electron chi connectivity index (χ3n) is 5.59. The molecule has 5 nitrogen and oxygen atoms in total. The normalized spacial score (nSPS) is 16.0. The van der Waals surface area contributed by atoms with E-state index in [0.717, 1.165) is 30.4 Å². The van der Waals surface area contributed by atoms with Crippen LogP contribution in [0.15, 0.2) is 53.0 Å². The highest BCUT2D eigenvalue weighted by Crippen LogP contribution is 2.31. The van der Waals surface area contributed by atoms with Crippen molar-refractivity contribution >= 4 is 17.0 Å². The molecule has 30 heavy (non-hydrogen) atoms. The lowest BCUT2D eigenvalue weighted by atomic mass is 9.94. The van der Waals surface area contributed by atoms with E-state index in [9.17, 15) is 10.1 Å². The van der Waals surface area contributed by atoms with E-state index in [1.807, 2.05) is 18.2 Å². The average molecular weight is 399 g/mol. The van der Waals surface area contributed by atoms with Gasteiger partial charge in [0, 0.05) is 23.2 Å². The van der Waals surface area contributed by atoms with Gasteiger partial charge in [0.2, 0.25) is 5.89 Å². The predicted molar refractivity (Wildman–Crippen MR) is 117 cm³/mol. The molecule has 4 rings (SSSR count). The minimum Gasteiger partial charge on any atom is -0.436 e. The van der Waals surface area contributed by atoms with Crippen LogP contribution < -0.4 is 5.32 Å². The van der Waals surface area contributed by atoms with E-state index in [-0.39, 0.29) is 11.8 Å². The Morgan fingerprint density at radius 3 is 2.73 bits per heavy atom. The van der Waals surface area contributed by atoms with E-state index >= 15 is 0 Å². The molecule has 1 aliphatic rings. The first-order valence-electron chi connectivity index (χ1n) is 10.4. The van der Waals surface area contributed by atoms with E-state index in [1.165, 1.54) is 0 Å². The summed E-state index contributed by atoms with van der Waals surface area (Å²) >= 11 is 0. The van der Waals surface area contributed by atoms with E-state index in [2.05, 4.69) is 42.4 Å². The zero-order valence-electron chi connectivity index (χ0n) is 17.3. The number of hydrogen-bond acceptors (Lipinski definition) is 4. The Kier molecular flexibility index (Phi) is 5.67. The molecule has 0 radical (unpaired) electrons. The molecule has 0 saturated heterocycles. The third-order valence-corrected chi connectivity index (χ3v) is 5.59. The van der Waals surface area contributed by atoms with Crippen LogP contribution in [0.2, 0.25) is 0 Å². The van der Waals surface area contributed by atoms with Crippen molar-refractivity contribution in [2.24, 2.45) is 5.92 Å². The summed E-state index contributed by atoms with van der Waals surface area (Å²) in [6, 6.07) is 13.1. The number of nitriles is 1. The van der Waals surface area contributed by atoms with Crippen molar-refractivity contribution in [2.45, 2.75) is 39.0 Å². The first-order valence-corrected chi connectivity index (χ1v) is 10.4. The summed E-state index contributed by atoms with van der Waals surface area (Å²) in [7, 11) is 0. The molecule has 1 aromatic heterocycles. The molecule has 1 N–H and O–H groups in total. The Morgan fingerprint density at radius 2 is 2.07 bits per heavy atom. The van der Waals surface area contributed by atoms with Gasteiger partial charge in [0.1, 0.15) is 5.52 Å². The Labute approximate surface area is 176 Å². The van der Waals surface area contributed by atoms with Crippen molar-refractivity contribution in [3.63, 3.8) is 0 Å². The van der Waals surface area contributed by atoms with Crippen LogP contribution >= 0.6 is 0 Å². The van der Waals surface area contributed by atoms with Crippen molar-refractivity contribution in [3.05, 3.63) is 65.2 Å². The summed E-state index contributed by atoms with van der Waals surface area (Å²) in [6.07, 6.45) is 7.64. The number of aromatic nitrogens is 1. The van der Waals surface area contributed by atoms with Crippen LogP contribution in [0, 0.1) is 17.2 Å². The minimum atomic E-state index is -0.0607. The molecule has 0 fully saturated rings. The maximum atomic E-state index is 12.5. The molecule has 2 aromatic carbocycles. The number of nitrogens with one attached hydrogen (secondary N) is 1. The van der Waals surface area contributed by atoms with Crippen LogP contribution in [0.25, 0.3) is 22.6 Å². The maximum Gasteiger partial charge on any atom is 0.251 e. The van der Waals surface area contributed by atoms with Crippen molar-refractivity contribution in [1.82, 2.24) is 10.3 Å². The molecule has 3 aromatic rings. The lowest BCUT2D eigenvalue weighted by Crippen LogP contribution is -2.29. The molecule has 0 saturated carbocycles. The minimum absolute atomic E-state index is 0.0607. The van der Waals surface area contributed by atoms with Crippen LogP contribution in [0.5, 0.6) is 0 Å². The molecular weight excluding hydrogens is 374 g/mol. The summed E-state index contributed by atoms with van der Waals surface area (Å²) in [5, 5.41) is 12.3. The van der Waals surface area contributed by atoms with Gasteiger partial charge >= 0.3 is 0 Å². The molecule has 0 spiro atoms. The topological polar surface area (TPSA) is 78.9 Å². The van der Waals surface area contributed by atoms with Crippen LogP contribution in [-0.4, -0.2) is 17.4 Å². The van der Waals surface area contributed by atoms with Crippen molar-refractivity contribution in [1.29, 1.82) is 5.26 Å². The van der Waals surface area contributed by atoms with Crippen LogP contribution in [0.1, 0.15) is 60.5 Å². The fourth-order valence-corrected chi connectivity index (χ4v) is 3.82. The van der Waals surface area contributed by atoms with E-state index < -0.39 is 0 Å². The van der Waals surface area contributed by atoms with E-state index in [4.69, 9.17) is 4.42 Å². The first kappa shape index (κ1) is 19.9. The second-order valence-corrected chi connectivity index (χ2v) is 8.14. The molecular formula is C25H25N3O2. The van der Waals surface area contributed by atoms with Gasteiger partial charge in [-0.05, 0) is 67.5 Å². The Bertz CT molecular complexity index is 1130. The predicted octanol–water partition coefficient (Wildman–Crippen LogP) is 5.58. The highest BCUT2D eigenvalue weighted by Gasteiger charge is 2.16. The van der Waals surface area contributed by atoms with Crippen molar-refractivity contribution in [3.8, 4) is 17.5 Å². The highest BCUT2D eigenvalue weighted by molar-refractivity contribution is 5.94. The molecule has 0 aliphatic heterocycles. The smallest absolute Gasteiger partial charge is 0.251 e. The van der Waals surface area contributed by atoms with Gasteiger partial charge < -0.3 is 9.73 Å². The SMILES string of the molecule is CC(C)c1cc(C#N)cc2nc(-c3ccc(C(=O)NCC4CC=CCC4)cc3)oc12. The van der Waals surface area contributed by atoms with Gasteiger partial charge in [-0.1, -0.05) is 26.0 Å². The first-order chi connectivity index (χ1) is 14.5. The molecule has 1 unspecified atom stereocenters. The number of hydrogen-bond donors (Lipinski definition) is 1. The second kappa shape index (κ2) is 8.54. The summed E-state index contributed by atoms with van der Waals surface area (Å²) in [6.45, 7) is 4.83. The average Bonchev–Trinajstić information content (AvgIpc) is 3.21. The van der Waals surface area contributed by atoms with Gasteiger partial charge in [-0.3, -0.25) is 4.79 Å². The standard InChI is InChI=1S/C25H25N3O2/c1-16(2)21-12-18(14-26)13-22-23(21)30-25(28-22)20-10-8-19(9-11-20)24(29)27-15-17-6-4-3-5-7-17/h3-4,8-13,16-17H,5-7,15H2,1-2H3,(H,27,29). The lowest BCUT2D eigenvalue weighted by molar-refractivity contribution is 0.0946. The zero-order valence-corrected chi connectivity index (χ0v) is 17.3. The van der Waals surface area contributed by atoms with Gasteiger partial charge in [0.15, 0.2) is 5.58 Å². The quantitative estimate of drug-likeness (QED) is 0.568.